The minimum atomic E-state index is -0.101. The standard InChI is InChI=1S/C7H11N7/c8-6(9)13-4-2-1-3-12-5(4)14-7(10)11/h1-3H,(H4,8,9,13)(H4,10,11,12,14). The molecule has 1 rings (SSSR count). The summed E-state index contributed by atoms with van der Waals surface area (Å²) in [5, 5.41) is 0. The molecule has 14 heavy (non-hydrogen) atoms. The third-order valence-corrected chi connectivity index (χ3v) is 1.25. The smallest absolute Gasteiger partial charge is 0.192 e. The lowest BCUT2D eigenvalue weighted by Gasteiger charge is -1.99. The molecule has 0 unspecified atom stereocenters. The monoisotopic (exact) mass is 193 g/mol. The van der Waals surface area contributed by atoms with Gasteiger partial charge < -0.3 is 22.9 Å². The van der Waals surface area contributed by atoms with E-state index in [2.05, 4.69) is 15.0 Å². The zero-order chi connectivity index (χ0) is 10.6. The number of rotatable bonds is 2. The van der Waals surface area contributed by atoms with E-state index in [1.165, 1.54) is 6.20 Å². The first-order chi connectivity index (χ1) is 6.59. The van der Waals surface area contributed by atoms with Crippen molar-refractivity contribution in [2.75, 3.05) is 0 Å². The largest absolute Gasteiger partial charge is 0.370 e. The number of pyridine rings is 1. The van der Waals surface area contributed by atoms with E-state index >= 15 is 0 Å². The first-order valence-corrected chi connectivity index (χ1v) is 3.74. The fourth-order valence-corrected chi connectivity index (χ4v) is 0.823. The molecule has 0 atom stereocenters. The molecule has 0 aliphatic rings. The summed E-state index contributed by atoms with van der Waals surface area (Å²) >= 11 is 0. The summed E-state index contributed by atoms with van der Waals surface area (Å²) in [4.78, 5) is 11.5. The van der Waals surface area contributed by atoms with Gasteiger partial charge in [-0.15, -0.1) is 0 Å². The van der Waals surface area contributed by atoms with Gasteiger partial charge in [0.25, 0.3) is 0 Å². The van der Waals surface area contributed by atoms with Crippen LogP contribution in [0.1, 0.15) is 0 Å². The number of aromatic nitrogens is 1. The third-order valence-electron chi connectivity index (χ3n) is 1.25. The molecule has 0 spiro atoms. The van der Waals surface area contributed by atoms with Crippen LogP contribution in [-0.2, 0) is 0 Å². The molecule has 0 bridgehead atoms. The van der Waals surface area contributed by atoms with Gasteiger partial charge in [0.05, 0.1) is 0 Å². The van der Waals surface area contributed by atoms with Gasteiger partial charge in [0.1, 0.15) is 5.69 Å². The van der Waals surface area contributed by atoms with Crippen LogP contribution in [-0.4, -0.2) is 16.9 Å². The Hall–Kier alpha value is -2.31. The quantitative estimate of drug-likeness (QED) is 0.348. The first kappa shape index (κ1) is 9.78. The molecule has 8 N–H and O–H groups in total. The van der Waals surface area contributed by atoms with Crippen LogP contribution in [0, 0.1) is 0 Å². The maximum absolute atomic E-state index is 5.21. The normalized spacial score (nSPS) is 9.14. The Morgan fingerprint density at radius 3 is 2.29 bits per heavy atom. The van der Waals surface area contributed by atoms with E-state index in [4.69, 9.17) is 22.9 Å². The van der Waals surface area contributed by atoms with Crippen LogP contribution in [0.3, 0.4) is 0 Å². The second-order valence-corrected chi connectivity index (χ2v) is 2.42. The van der Waals surface area contributed by atoms with Crippen molar-refractivity contribution in [1.82, 2.24) is 4.98 Å². The highest BCUT2D eigenvalue weighted by Crippen LogP contribution is 2.23. The average molecular weight is 193 g/mol. The van der Waals surface area contributed by atoms with Gasteiger partial charge in [0.2, 0.25) is 0 Å². The lowest BCUT2D eigenvalue weighted by Crippen LogP contribution is -2.22. The van der Waals surface area contributed by atoms with Gasteiger partial charge in [-0.2, -0.15) is 4.99 Å². The van der Waals surface area contributed by atoms with Gasteiger partial charge in [0.15, 0.2) is 17.7 Å². The Balaban J connectivity index is 3.16. The second kappa shape index (κ2) is 4.08. The SMILES string of the molecule is NC(N)=Nc1cccnc1N=C(N)N. The van der Waals surface area contributed by atoms with Gasteiger partial charge >= 0.3 is 0 Å². The number of hydrogen-bond acceptors (Lipinski definition) is 3. The van der Waals surface area contributed by atoms with Crippen molar-refractivity contribution in [2.45, 2.75) is 0 Å². The first-order valence-electron chi connectivity index (χ1n) is 3.74. The highest BCUT2D eigenvalue weighted by molar-refractivity contribution is 5.83. The molecule has 0 radical (unpaired) electrons. The summed E-state index contributed by atoms with van der Waals surface area (Å²) in [6.45, 7) is 0. The Morgan fingerprint density at radius 2 is 1.71 bits per heavy atom. The van der Waals surface area contributed by atoms with Gasteiger partial charge in [-0.25, -0.2) is 9.98 Å². The molecule has 0 saturated heterocycles. The van der Waals surface area contributed by atoms with Crippen molar-refractivity contribution in [3.63, 3.8) is 0 Å². The Bertz CT molecular complexity index is 336. The molecular formula is C7H11N7. The van der Waals surface area contributed by atoms with Gasteiger partial charge in [0, 0.05) is 6.20 Å². The predicted molar refractivity (Wildman–Crippen MR) is 55.2 cm³/mol. The summed E-state index contributed by atoms with van der Waals surface area (Å²) < 4.78 is 0. The zero-order valence-electron chi connectivity index (χ0n) is 7.38. The molecule has 1 heterocycles. The van der Waals surface area contributed by atoms with Crippen molar-refractivity contribution < 1.29 is 0 Å². The maximum atomic E-state index is 5.21. The van der Waals surface area contributed by atoms with Crippen LogP contribution in [0.4, 0.5) is 11.5 Å². The van der Waals surface area contributed by atoms with E-state index in [0.717, 1.165) is 0 Å². The summed E-state index contributed by atoms with van der Waals surface area (Å²) in [5.74, 6) is 0.0988. The van der Waals surface area contributed by atoms with Crippen LogP contribution in [0.5, 0.6) is 0 Å². The molecule has 7 heteroatoms. The highest BCUT2D eigenvalue weighted by Gasteiger charge is 2.00. The van der Waals surface area contributed by atoms with Gasteiger partial charge in [-0.1, -0.05) is 0 Å². The van der Waals surface area contributed by atoms with E-state index in [0.29, 0.717) is 5.69 Å². The Morgan fingerprint density at radius 1 is 1.07 bits per heavy atom. The molecule has 1 aromatic heterocycles. The Labute approximate surface area is 80.5 Å². The second-order valence-electron chi connectivity index (χ2n) is 2.42. The minimum Gasteiger partial charge on any atom is -0.370 e. The third kappa shape index (κ3) is 2.63. The van der Waals surface area contributed by atoms with Crippen molar-refractivity contribution in [2.24, 2.45) is 32.9 Å². The van der Waals surface area contributed by atoms with E-state index in [1.807, 2.05) is 0 Å². The number of aliphatic imine (C=N–C) groups is 2. The van der Waals surface area contributed by atoms with Crippen molar-refractivity contribution in [3.8, 4) is 0 Å². The van der Waals surface area contributed by atoms with Gasteiger partial charge in [-0.3, -0.25) is 0 Å². The summed E-state index contributed by atoms with van der Waals surface area (Å²) in [6.07, 6.45) is 1.54. The molecule has 0 aliphatic carbocycles. The van der Waals surface area contributed by atoms with E-state index in [9.17, 15) is 0 Å². The molecule has 0 aromatic carbocycles. The fourth-order valence-electron chi connectivity index (χ4n) is 0.823. The highest BCUT2D eigenvalue weighted by atomic mass is 15.1. The topological polar surface area (TPSA) is 142 Å². The van der Waals surface area contributed by atoms with Crippen molar-refractivity contribution in [3.05, 3.63) is 18.3 Å². The van der Waals surface area contributed by atoms with Crippen molar-refractivity contribution >= 4 is 23.4 Å². The predicted octanol–water partition coefficient (Wildman–Crippen LogP) is -1.11. The molecule has 0 amide bonds. The zero-order valence-corrected chi connectivity index (χ0v) is 7.38. The fraction of sp³-hybridized carbons (Fsp3) is 0. The van der Waals surface area contributed by atoms with Crippen LogP contribution in [0.25, 0.3) is 0 Å². The number of guanidine groups is 2. The average Bonchev–Trinajstić information content (AvgIpc) is 2.06. The molecule has 1 aromatic rings. The van der Waals surface area contributed by atoms with Crippen LogP contribution in [0.15, 0.2) is 28.3 Å². The summed E-state index contributed by atoms with van der Waals surface area (Å²) in [7, 11) is 0. The Kier molecular flexibility index (Phi) is 2.85. The molecule has 0 saturated carbocycles. The van der Waals surface area contributed by atoms with Gasteiger partial charge in [-0.05, 0) is 12.1 Å². The molecule has 74 valence electrons. The molecular weight excluding hydrogens is 182 g/mol. The summed E-state index contributed by atoms with van der Waals surface area (Å²) in [5.41, 5.74) is 21.2. The number of nitrogens with two attached hydrogens (primary N) is 4. The number of nitrogens with zero attached hydrogens (tertiary/aromatic N) is 3. The minimum absolute atomic E-state index is 0.0787. The molecule has 0 fully saturated rings. The molecule has 7 nitrogen and oxygen atoms in total. The van der Waals surface area contributed by atoms with E-state index in [1.54, 1.807) is 12.1 Å². The van der Waals surface area contributed by atoms with Crippen LogP contribution in [0.2, 0.25) is 0 Å². The van der Waals surface area contributed by atoms with Crippen molar-refractivity contribution in [1.29, 1.82) is 0 Å². The van der Waals surface area contributed by atoms with Crippen LogP contribution >= 0.6 is 0 Å². The summed E-state index contributed by atoms with van der Waals surface area (Å²) in [6, 6.07) is 3.32. The number of hydrogen-bond donors (Lipinski definition) is 4. The van der Waals surface area contributed by atoms with Crippen LogP contribution < -0.4 is 22.9 Å². The molecule has 0 aliphatic heterocycles. The lowest BCUT2D eigenvalue weighted by molar-refractivity contribution is 1.23. The van der Waals surface area contributed by atoms with E-state index < -0.39 is 0 Å². The van der Waals surface area contributed by atoms with E-state index in [-0.39, 0.29) is 17.7 Å². The lowest BCUT2D eigenvalue weighted by atomic mass is 10.4. The maximum Gasteiger partial charge on any atom is 0.192 e.